The quantitative estimate of drug-likeness (QED) is 0.648. The van der Waals surface area contributed by atoms with E-state index >= 15 is 0 Å². The molecule has 0 spiro atoms. The summed E-state index contributed by atoms with van der Waals surface area (Å²) in [5, 5.41) is 6.05. The summed E-state index contributed by atoms with van der Waals surface area (Å²) in [6.45, 7) is 0.952. The Bertz CT molecular complexity index is 1100. The first-order chi connectivity index (χ1) is 16.5. The van der Waals surface area contributed by atoms with Gasteiger partial charge in [-0.05, 0) is 54.5 Å². The average Bonchev–Trinajstić information content (AvgIpc) is 2.98. The first kappa shape index (κ1) is 22.8. The third kappa shape index (κ3) is 4.51. The number of piperazine rings is 1. The molecule has 34 heavy (non-hydrogen) atoms. The zero-order chi connectivity index (χ0) is 23.7. The van der Waals surface area contributed by atoms with Crippen LogP contribution in [0.25, 0.3) is 11.1 Å². The SMILES string of the molecule is CSc1ccc(-c2ccc3c(c2)C(=O)N2CCN(C(=O)NC4CCCCC4)CC2C(=O)N3)cc1. The number of carbonyl (C=O) groups is 3. The molecule has 2 aromatic rings. The molecule has 1 saturated carbocycles. The van der Waals surface area contributed by atoms with Crippen molar-refractivity contribution in [3.8, 4) is 11.1 Å². The summed E-state index contributed by atoms with van der Waals surface area (Å²) in [5.74, 6) is -0.424. The van der Waals surface area contributed by atoms with Crippen LogP contribution in [0.15, 0.2) is 47.4 Å². The van der Waals surface area contributed by atoms with Crippen molar-refractivity contribution in [1.29, 1.82) is 0 Å². The van der Waals surface area contributed by atoms with Crippen LogP contribution in [0.5, 0.6) is 0 Å². The van der Waals surface area contributed by atoms with Gasteiger partial charge in [-0.2, -0.15) is 0 Å². The molecular formula is C26H30N4O3S. The Morgan fingerprint density at radius 1 is 1.00 bits per heavy atom. The molecule has 2 heterocycles. The highest BCUT2D eigenvalue weighted by Crippen LogP contribution is 2.31. The number of thioether (sulfide) groups is 1. The van der Waals surface area contributed by atoms with Gasteiger partial charge in [0.05, 0.1) is 17.8 Å². The molecule has 7 nitrogen and oxygen atoms in total. The number of nitrogens with one attached hydrogen (secondary N) is 2. The first-order valence-corrected chi connectivity index (χ1v) is 13.2. The lowest BCUT2D eigenvalue weighted by molar-refractivity contribution is -0.121. The van der Waals surface area contributed by atoms with Crippen molar-refractivity contribution in [2.75, 3.05) is 31.2 Å². The number of hydrogen-bond donors (Lipinski definition) is 2. The van der Waals surface area contributed by atoms with E-state index in [-0.39, 0.29) is 30.4 Å². The highest BCUT2D eigenvalue weighted by molar-refractivity contribution is 7.98. The van der Waals surface area contributed by atoms with Crippen molar-refractivity contribution < 1.29 is 14.4 Å². The summed E-state index contributed by atoms with van der Waals surface area (Å²) in [6, 6.07) is 13.2. The van der Waals surface area contributed by atoms with Crippen molar-refractivity contribution in [2.24, 2.45) is 0 Å². The topological polar surface area (TPSA) is 81.8 Å². The van der Waals surface area contributed by atoms with Crippen molar-refractivity contribution in [1.82, 2.24) is 15.1 Å². The molecule has 2 N–H and O–H groups in total. The van der Waals surface area contributed by atoms with Gasteiger partial charge in [0.25, 0.3) is 5.91 Å². The molecule has 178 valence electrons. The number of carbonyl (C=O) groups excluding carboxylic acids is 3. The van der Waals surface area contributed by atoms with E-state index in [1.807, 2.05) is 30.5 Å². The van der Waals surface area contributed by atoms with E-state index in [0.29, 0.717) is 24.3 Å². The maximum atomic E-state index is 13.5. The van der Waals surface area contributed by atoms with Gasteiger partial charge in [-0.3, -0.25) is 9.59 Å². The van der Waals surface area contributed by atoms with Crippen molar-refractivity contribution in [2.45, 2.75) is 49.1 Å². The van der Waals surface area contributed by atoms with Gasteiger partial charge >= 0.3 is 6.03 Å². The van der Waals surface area contributed by atoms with Gasteiger partial charge in [0.15, 0.2) is 0 Å². The molecule has 2 aromatic carbocycles. The van der Waals surface area contributed by atoms with Crippen molar-refractivity contribution in [3.05, 3.63) is 48.0 Å². The zero-order valence-corrected chi connectivity index (χ0v) is 20.2. The van der Waals surface area contributed by atoms with E-state index in [1.54, 1.807) is 27.6 Å². The van der Waals surface area contributed by atoms with E-state index in [2.05, 4.69) is 22.8 Å². The zero-order valence-electron chi connectivity index (χ0n) is 19.4. The largest absolute Gasteiger partial charge is 0.335 e. The minimum absolute atomic E-state index is 0.135. The second-order valence-corrected chi connectivity index (χ2v) is 10.1. The number of urea groups is 1. The van der Waals surface area contributed by atoms with E-state index in [1.165, 1.54) is 11.3 Å². The van der Waals surface area contributed by atoms with Gasteiger partial charge < -0.3 is 20.4 Å². The molecule has 0 radical (unpaired) electrons. The maximum absolute atomic E-state index is 13.5. The lowest BCUT2D eigenvalue weighted by Gasteiger charge is -2.40. The molecule has 1 saturated heterocycles. The molecule has 2 fully saturated rings. The van der Waals surface area contributed by atoms with E-state index < -0.39 is 6.04 Å². The van der Waals surface area contributed by atoms with Crippen LogP contribution in [0, 0.1) is 0 Å². The Balaban J connectivity index is 1.34. The molecule has 3 aliphatic rings. The average molecular weight is 479 g/mol. The Morgan fingerprint density at radius 3 is 2.47 bits per heavy atom. The smallest absolute Gasteiger partial charge is 0.317 e. The molecule has 0 aromatic heterocycles. The predicted molar refractivity (Wildman–Crippen MR) is 134 cm³/mol. The van der Waals surface area contributed by atoms with Crippen LogP contribution in [-0.4, -0.2) is 65.6 Å². The summed E-state index contributed by atoms with van der Waals surface area (Å²) >= 11 is 1.68. The fraction of sp³-hybridized carbons (Fsp3) is 0.423. The lowest BCUT2D eigenvalue weighted by atomic mass is 9.96. The lowest BCUT2D eigenvalue weighted by Crippen LogP contribution is -2.61. The van der Waals surface area contributed by atoms with Gasteiger partial charge in [0.2, 0.25) is 5.91 Å². The van der Waals surface area contributed by atoms with E-state index in [9.17, 15) is 14.4 Å². The molecular weight excluding hydrogens is 448 g/mol. The molecule has 1 unspecified atom stereocenters. The minimum Gasteiger partial charge on any atom is -0.335 e. The van der Waals surface area contributed by atoms with Crippen LogP contribution in [0.3, 0.4) is 0 Å². The molecule has 5 rings (SSSR count). The monoisotopic (exact) mass is 478 g/mol. The molecule has 0 bridgehead atoms. The van der Waals surface area contributed by atoms with Gasteiger partial charge in [-0.25, -0.2) is 4.79 Å². The summed E-state index contributed by atoms with van der Waals surface area (Å²) in [4.78, 5) is 43.9. The number of hydrogen-bond acceptors (Lipinski definition) is 4. The fourth-order valence-electron chi connectivity index (χ4n) is 5.11. The maximum Gasteiger partial charge on any atom is 0.317 e. The number of fused-ring (bicyclic) bond motifs is 2. The fourth-order valence-corrected chi connectivity index (χ4v) is 5.52. The second-order valence-electron chi connectivity index (χ2n) is 9.22. The molecule has 1 aliphatic carbocycles. The number of rotatable bonds is 3. The van der Waals surface area contributed by atoms with Crippen LogP contribution in [0.1, 0.15) is 42.5 Å². The molecule has 8 heteroatoms. The third-order valence-electron chi connectivity index (χ3n) is 7.10. The molecule has 2 aliphatic heterocycles. The van der Waals surface area contributed by atoms with Crippen LogP contribution < -0.4 is 10.6 Å². The number of nitrogens with zero attached hydrogens (tertiary/aromatic N) is 2. The Kier molecular flexibility index (Phi) is 6.50. The normalized spacial score (nSPS) is 20.8. The summed E-state index contributed by atoms with van der Waals surface area (Å²) in [7, 11) is 0. The van der Waals surface area contributed by atoms with E-state index in [4.69, 9.17) is 0 Å². The summed E-state index contributed by atoms with van der Waals surface area (Å²) < 4.78 is 0. The minimum atomic E-state index is -0.699. The Morgan fingerprint density at radius 2 is 1.74 bits per heavy atom. The van der Waals surface area contributed by atoms with Crippen LogP contribution in [-0.2, 0) is 4.79 Å². The van der Waals surface area contributed by atoms with Crippen LogP contribution in [0.4, 0.5) is 10.5 Å². The Labute approximate surface area is 204 Å². The number of anilines is 1. The first-order valence-electron chi connectivity index (χ1n) is 12.0. The van der Waals surface area contributed by atoms with E-state index in [0.717, 1.165) is 36.8 Å². The molecule has 1 atom stereocenters. The van der Waals surface area contributed by atoms with Crippen LogP contribution >= 0.6 is 11.8 Å². The summed E-state index contributed by atoms with van der Waals surface area (Å²) in [6.07, 6.45) is 7.55. The number of amides is 4. The van der Waals surface area contributed by atoms with Gasteiger partial charge in [-0.1, -0.05) is 37.5 Å². The van der Waals surface area contributed by atoms with Crippen molar-refractivity contribution in [3.63, 3.8) is 0 Å². The van der Waals surface area contributed by atoms with Gasteiger partial charge in [0, 0.05) is 24.0 Å². The Hall–Kier alpha value is -3.00. The second kappa shape index (κ2) is 9.70. The molecule has 4 amide bonds. The number of benzene rings is 2. The van der Waals surface area contributed by atoms with Crippen molar-refractivity contribution >= 4 is 35.3 Å². The third-order valence-corrected chi connectivity index (χ3v) is 7.84. The van der Waals surface area contributed by atoms with Gasteiger partial charge in [0.1, 0.15) is 6.04 Å². The highest BCUT2D eigenvalue weighted by Gasteiger charge is 2.40. The summed E-state index contributed by atoms with van der Waals surface area (Å²) in [5.41, 5.74) is 2.96. The predicted octanol–water partition coefficient (Wildman–Crippen LogP) is 4.20. The van der Waals surface area contributed by atoms with Crippen LogP contribution in [0.2, 0.25) is 0 Å². The highest BCUT2D eigenvalue weighted by atomic mass is 32.2. The van der Waals surface area contributed by atoms with Gasteiger partial charge in [-0.15, -0.1) is 11.8 Å². The standard InChI is InChI=1S/C26H30N4O3S/c1-34-20-10-7-17(8-11-20)18-9-12-22-21(15-18)25(32)30-14-13-29(16-23(30)24(31)28-22)26(33)27-19-5-3-2-4-6-19/h7-12,15,19,23H,2-6,13-14,16H2,1H3,(H,27,33)(H,28,31).